The van der Waals surface area contributed by atoms with Crippen LogP contribution in [-0.4, -0.2) is 33.6 Å². The van der Waals surface area contributed by atoms with Crippen LogP contribution in [0.2, 0.25) is 0 Å². The van der Waals surface area contributed by atoms with Gasteiger partial charge < -0.3 is 10.0 Å². The topological polar surface area (TPSA) is 40.5 Å². The van der Waals surface area contributed by atoms with Gasteiger partial charge in [0.15, 0.2) is 0 Å². The van der Waals surface area contributed by atoms with E-state index in [2.05, 4.69) is 18.7 Å². The Hall–Kier alpha value is -1.61. The number of hydrogen-bond acceptors (Lipinski definition) is 2. The molecule has 1 N–H and O–H groups in total. The predicted octanol–water partition coefficient (Wildman–Crippen LogP) is 2.30. The molecule has 0 aromatic heterocycles. The highest BCUT2D eigenvalue weighted by molar-refractivity contribution is 5.87. The van der Waals surface area contributed by atoms with E-state index >= 15 is 0 Å². The molecule has 0 saturated carbocycles. The standard InChI is InChI=1S/C17H21NO2/c1-2-16(19)18-14-8-9-15(18)12-17(20,11-14)10-13-6-4-3-5-7-13/h2-7,14-15,20H,1,8-12H2. The molecule has 2 unspecified atom stereocenters. The van der Waals surface area contributed by atoms with Gasteiger partial charge in [-0.2, -0.15) is 0 Å². The summed E-state index contributed by atoms with van der Waals surface area (Å²) < 4.78 is 0. The zero-order valence-corrected chi connectivity index (χ0v) is 11.7. The summed E-state index contributed by atoms with van der Waals surface area (Å²) >= 11 is 0. The van der Waals surface area contributed by atoms with Crippen LogP contribution < -0.4 is 0 Å². The van der Waals surface area contributed by atoms with E-state index < -0.39 is 5.60 Å². The molecular weight excluding hydrogens is 250 g/mol. The Morgan fingerprint density at radius 3 is 2.45 bits per heavy atom. The van der Waals surface area contributed by atoms with E-state index in [-0.39, 0.29) is 18.0 Å². The summed E-state index contributed by atoms with van der Waals surface area (Å²) in [5, 5.41) is 10.9. The number of rotatable bonds is 3. The highest BCUT2D eigenvalue weighted by Gasteiger charge is 2.48. The molecule has 2 atom stereocenters. The quantitative estimate of drug-likeness (QED) is 0.857. The Labute approximate surface area is 119 Å². The van der Waals surface area contributed by atoms with Crippen molar-refractivity contribution in [2.75, 3.05) is 0 Å². The van der Waals surface area contributed by atoms with Gasteiger partial charge in [-0.3, -0.25) is 4.79 Å². The molecule has 2 heterocycles. The zero-order chi connectivity index (χ0) is 14.2. The molecule has 1 amide bonds. The van der Waals surface area contributed by atoms with Gasteiger partial charge >= 0.3 is 0 Å². The number of piperidine rings is 1. The number of hydrogen-bond donors (Lipinski definition) is 1. The van der Waals surface area contributed by atoms with Gasteiger partial charge in [0, 0.05) is 18.5 Å². The van der Waals surface area contributed by atoms with Gasteiger partial charge in [-0.15, -0.1) is 0 Å². The number of amides is 1. The second-order valence-electron chi connectivity index (χ2n) is 6.13. The molecule has 2 aliphatic rings. The molecule has 20 heavy (non-hydrogen) atoms. The second kappa shape index (κ2) is 5.06. The first-order valence-electron chi connectivity index (χ1n) is 7.32. The fraction of sp³-hybridized carbons (Fsp3) is 0.471. The maximum Gasteiger partial charge on any atom is 0.246 e. The Balaban J connectivity index is 1.76. The first-order valence-corrected chi connectivity index (χ1v) is 7.32. The monoisotopic (exact) mass is 271 g/mol. The molecular formula is C17H21NO2. The lowest BCUT2D eigenvalue weighted by Crippen LogP contribution is -2.53. The van der Waals surface area contributed by atoms with Crippen LogP contribution in [0.1, 0.15) is 31.2 Å². The van der Waals surface area contributed by atoms with Gasteiger partial charge in [0.2, 0.25) is 5.91 Å². The Morgan fingerprint density at radius 1 is 1.30 bits per heavy atom. The molecule has 3 nitrogen and oxygen atoms in total. The summed E-state index contributed by atoms with van der Waals surface area (Å²) in [5.41, 5.74) is 0.489. The van der Waals surface area contributed by atoms with Crippen molar-refractivity contribution in [2.24, 2.45) is 0 Å². The Morgan fingerprint density at radius 2 is 1.90 bits per heavy atom. The van der Waals surface area contributed by atoms with Crippen molar-refractivity contribution in [3.8, 4) is 0 Å². The van der Waals surface area contributed by atoms with E-state index in [1.54, 1.807) is 0 Å². The van der Waals surface area contributed by atoms with Crippen LogP contribution in [0, 0.1) is 0 Å². The van der Waals surface area contributed by atoms with Gasteiger partial charge in [0.05, 0.1) is 5.60 Å². The SMILES string of the molecule is C=CC(=O)N1C2CCC1CC(O)(Cc1ccccc1)C2. The van der Waals surface area contributed by atoms with Crippen LogP contribution in [0.3, 0.4) is 0 Å². The van der Waals surface area contributed by atoms with Crippen LogP contribution >= 0.6 is 0 Å². The average Bonchev–Trinajstić information content (AvgIpc) is 2.72. The summed E-state index contributed by atoms with van der Waals surface area (Å²) in [6.45, 7) is 3.58. The van der Waals surface area contributed by atoms with Crippen LogP contribution in [0.4, 0.5) is 0 Å². The van der Waals surface area contributed by atoms with Gasteiger partial charge in [-0.05, 0) is 37.3 Å². The number of carbonyl (C=O) groups is 1. The van der Waals surface area contributed by atoms with Gasteiger partial charge in [0.1, 0.15) is 0 Å². The van der Waals surface area contributed by atoms with Crippen molar-refractivity contribution in [3.05, 3.63) is 48.6 Å². The smallest absolute Gasteiger partial charge is 0.246 e. The number of carbonyl (C=O) groups excluding carboxylic acids is 1. The molecule has 2 fully saturated rings. The van der Waals surface area contributed by atoms with E-state index in [9.17, 15) is 9.90 Å². The summed E-state index contributed by atoms with van der Waals surface area (Å²) in [5.74, 6) is 0.0132. The average molecular weight is 271 g/mol. The maximum atomic E-state index is 11.9. The molecule has 3 heteroatoms. The third-order valence-corrected chi connectivity index (χ3v) is 4.66. The van der Waals surface area contributed by atoms with E-state index in [1.165, 1.54) is 6.08 Å². The molecule has 0 aliphatic carbocycles. The lowest BCUT2D eigenvalue weighted by molar-refractivity contribution is -0.135. The minimum atomic E-state index is -0.675. The molecule has 0 spiro atoms. The number of nitrogens with zero attached hydrogens (tertiary/aromatic N) is 1. The highest BCUT2D eigenvalue weighted by atomic mass is 16.3. The van der Waals surface area contributed by atoms with Gasteiger partial charge in [0.25, 0.3) is 0 Å². The van der Waals surface area contributed by atoms with E-state index in [0.717, 1.165) is 18.4 Å². The van der Waals surface area contributed by atoms with Crippen LogP contribution in [-0.2, 0) is 11.2 Å². The minimum Gasteiger partial charge on any atom is -0.389 e. The second-order valence-corrected chi connectivity index (χ2v) is 6.13. The largest absolute Gasteiger partial charge is 0.389 e. The van der Waals surface area contributed by atoms with Crippen molar-refractivity contribution >= 4 is 5.91 Å². The molecule has 1 aromatic rings. The predicted molar refractivity (Wildman–Crippen MR) is 78.2 cm³/mol. The first kappa shape index (κ1) is 13.4. The third kappa shape index (κ3) is 2.38. The molecule has 2 saturated heterocycles. The van der Waals surface area contributed by atoms with Crippen molar-refractivity contribution in [1.29, 1.82) is 0 Å². The fourth-order valence-corrected chi connectivity index (χ4v) is 3.91. The maximum absolute atomic E-state index is 11.9. The molecule has 3 rings (SSSR count). The summed E-state index contributed by atoms with van der Waals surface area (Å²) in [6.07, 6.45) is 5.43. The first-order chi connectivity index (χ1) is 9.61. The number of fused-ring (bicyclic) bond motifs is 2. The minimum absolute atomic E-state index is 0.0132. The van der Waals surface area contributed by atoms with Crippen molar-refractivity contribution in [2.45, 2.75) is 49.8 Å². The van der Waals surface area contributed by atoms with Gasteiger partial charge in [-0.25, -0.2) is 0 Å². The van der Waals surface area contributed by atoms with Crippen LogP contribution in [0.15, 0.2) is 43.0 Å². The highest BCUT2D eigenvalue weighted by Crippen LogP contribution is 2.42. The van der Waals surface area contributed by atoms with E-state index in [4.69, 9.17) is 0 Å². The van der Waals surface area contributed by atoms with Gasteiger partial charge in [-0.1, -0.05) is 36.9 Å². The number of aliphatic hydroxyl groups is 1. The molecule has 0 radical (unpaired) electrons. The molecule has 1 aromatic carbocycles. The van der Waals surface area contributed by atoms with Crippen LogP contribution in [0.5, 0.6) is 0 Å². The molecule has 2 bridgehead atoms. The Kier molecular flexibility index (Phi) is 3.38. The Bertz CT molecular complexity index is 497. The summed E-state index contributed by atoms with van der Waals surface area (Å²) in [4.78, 5) is 13.9. The summed E-state index contributed by atoms with van der Waals surface area (Å²) in [6, 6.07) is 10.5. The lowest BCUT2D eigenvalue weighted by atomic mass is 9.81. The lowest BCUT2D eigenvalue weighted by Gasteiger charge is -2.43. The van der Waals surface area contributed by atoms with Crippen molar-refractivity contribution in [1.82, 2.24) is 4.90 Å². The zero-order valence-electron chi connectivity index (χ0n) is 11.7. The van der Waals surface area contributed by atoms with Crippen molar-refractivity contribution in [3.63, 3.8) is 0 Å². The summed E-state index contributed by atoms with van der Waals surface area (Å²) in [7, 11) is 0. The fourth-order valence-electron chi connectivity index (χ4n) is 3.91. The third-order valence-electron chi connectivity index (χ3n) is 4.66. The van der Waals surface area contributed by atoms with Crippen molar-refractivity contribution < 1.29 is 9.90 Å². The molecule has 106 valence electrons. The normalized spacial score (nSPS) is 32.1. The number of benzene rings is 1. The van der Waals surface area contributed by atoms with Crippen LogP contribution in [0.25, 0.3) is 0 Å². The van der Waals surface area contributed by atoms with E-state index in [1.807, 2.05) is 23.1 Å². The molecule has 2 aliphatic heterocycles. The van der Waals surface area contributed by atoms with E-state index in [0.29, 0.717) is 19.3 Å².